The van der Waals surface area contributed by atoms with E-state index >= 15 is 0 Å². The summed E-state index contributed by atoms with van der Waals surface area (Å²) in [6.45, 7) is 4.47. The van der Waals surface area contributed by atoms with E-state index in [1.165, 1.54) is 25.3 Å². The number of rotatable bonds is 7. The Morgan fingerprint density at radius 3 is 2.75 bits per heavy atom. The number of ether oxygens (including phenoxy) is 1. The Bertz CT molecular complexity index is 670. The summed E-state index contributed by atoms with van der Waals surface area (Å²) >= 11 is 0. The van der Waals surface area contributed by atoms with E-state index in [1.54, 1.807) is 12.1 Å². The first-order valence-corrected chi connectivity index (χ1v) is 10.8. The maximum Gasteiger partial charge on any atom is 0.227 e. The lowest BCUT2D eigenvalue weighted by atomic mass is 9.92. The number of halogens is 1. The maximum absolute atomic E-state index is 14.5. The first-order chi connectivity index (χ1) is 13.7. The molecule has 0 saturated carbocycles. The van der Waals surface area contributed by atoms with Crippen molar-refractivity contribution >= 4 is 5.91 Å². The van der Waals surface area contributed by atoms with Crippen LogP contribution in [0.5, 0.6) is 5.75 Å². The van der Waals surface area contributed by atoms with E-state index in [1.807, 2.05) is 4.90 Å². The zero-order valence-corrected chi connectivity index (χ0v) is 16.6. The minimum atomic E-state index is -0.343. The second kappa shape index (κ2) is 9.23. The van der Waals surface area contributed by atoms with Gasteiger partial charge in [-0.25, -0.2) is 4.39 Å². The molecule has 2 atom stereocenters. The third kappa shape index (κ3) is 4.84. The van der Waals surface area contributed by atoms with Crippen molar-refractivity contribution in [3.63, 3.8) is 0 Å². The zero-order chi connectivity index (χ0) is 19.3. The number of carbonyl (C=O) groups excluding carboxylic acids is 1. The molecule has 1 amide bonds. The summed E-state index contributed by atoms with van der Waals surface area (Å²) in [5.41, 5.74) is 0.460. The number of nitrogens with one attached hydrogen (secondary N) is 2. The van der Waals surface area contributed by atoms with Crippen molar-refractivity contribution in [3.05, 3.63) is 29.6 Å². The third-order valence-corrected chi connectivity index (χ3v) is 6.52. The molecule has 0 aromatic heterocycles. The maximum atomic E-state index is 14.5. The van der Waals surface area contributed by atoms with Crippen LogP contribution >= 0.6 is 0 Å². The van der Waals surface area contributed by atoms with Gasteiger partial charge in [0.1, 0.15) is 11.6 Å². The van der Waals surface area contributed by atoms with Gasteiger partial charge in [-0.05, 0) is 69.2 Å². The first-order valence-electron chi connectivity index (χ1n) is 10.8. The van der Waals surface area contributed by atoms with Gasteiger partial charge in [0.2, 0.25) is 5.91 Å². The van der Waals surface area contributed by atoms with Gasteiger partial charge >= 0.3 is 0 Å². The average molecular weight is 390 g/mol. The van der Waals surface area contributed by atoms with Crippen LogP contribution in [0.25, 0.3) is 0 Å². The van der Waals surface area contributed by atoms with Gasteiger partial charge in [0.05, 0.1) is 13.0 Å². The van der Waals surface area contributed by atoms with Crippen LogP contribution in [-0.2, 0) is 11.2 Å². The summed E-state index contributed by atoms with van der Waals surface area (Å²) in [5, 5.41) is 6.83. The highest BCUT2D eigenvalue weighted by Crippen LogP contribution is 2.24. The average Bonchev–Trinajstić information content (AvgIpc) is 2.74. The van der Waals surface area contributed by atoms with Crippen molar-refractivity contribution in [2.45, 2.75) is 57.0 Å². The van der Waals surface area contributed by atoms with E-state index in [0.717, 1.165) is 51.4 Å². The monoisotopic (exact) mass is 389 g/mol. The molecule has 0 spiro atoms. The van der Waals surface area contributed by atoms with Crippen molar-refractivity contribution in [2.24, 2.45) is 5.92 Å². The van der Waals surface area contributed by atoms with Crippen molar-refractivity contribution < 1.29 is 13.9 Å². The second-order valence-corrected chi connectivity index (χ2v) is 8.50. The van der Waals surface area contributed by atoms with Gasteiger partial charge in [-0.3, -0.25) is 4.79 Å². The van der Waals surface area contributed by atoms with Crippen LogP contribution in [0.15, 0.2) is 18.2 Å². The van der Waals surface area contributed by atoms with Crippen molar-refractivity contribution in [1.29, 1.82) is 0 Å². The summed E-state index contributed by atoms with van der Waals surface area (Å²) in [7, 11) is 0. The normalized spacial score (nSPS) is 25.1. The molecular weight excluding hydrogens is 357 g/mol. The van der Waals surface area contributed by atoms with E-state index < -0.39 is 0 Å². The number of fused-ring (bicyclic) bond motifs is 3. The Morgan fingerprint density at radius 2 is 2.07 bits per heavy atom. The van der Waals surface area contributed by atoms with Crippen molar-refractivity contribution in [2.75, 3.05) is 32.8 Å². The van der Waals surface area contributed by atoms with E-state index in [4.69, 9.17) is 4.74 Å². The van der Waals surface area contributed by atoms with Crippen LogP contribution in [0, 0.1) is 11.7 Å². The fraction of sp³-hybridized carbons (Fsp3) is 0.682. The molecule has 4 fully saturated rings. The Kier molecular flexibility index (Phi) is 6.47. The van der Waals surface area contributed by atoms with Crippen LogP contribution in [-0.4, -0.2) is 55.7 Å². The van der Waals surface area contributed by atoms with Gasteiger partial charge in [-0.1, -0.05) is 6.07 Å². The van der Waals surface area contributed by atoms with Crippen LogP contribution in [0.2, 0.25) is 0 Å². The number of hydrogen-bond acceptors (Lipinski definition) is 4. The lowest BCUT2D eigenvalue weighted by Gasteiger charge is -2.46. The minimum absolute atomic E-state index is 0.0331. The Labute approximate surface area is 167 Å². The molecule has 1 aromatic rings. The number of benzene rings is 1. The summed E-state index contributed by atoms with van der Waals surface area (Å²) in [6, 6.07) is 5.59. The van der Waals surface area contributed by atoms with Gasteiger partial charge in [0.15, 0.2) is 0 Å². The van der Waals surface area contributed by atoms with Gasteiger partial charge < -0.3 is 20.3 Å². The highest BCUT2D eigenvalue weighted by atomic mass is 19.1. The Balaban J connectivity index is 1.24. The predicted octanol–water partition coefficient (Wildman–Crippen LogP) is 2.49. The Hall–Kier alpha value is -1.66. The van der Waals surface area contributed by atoms with Gasteiger partial charge in [-0.2, -0.15) is 0 Å². The number of amides is 1. The third-order valence-electron chi connectivity index (χ3n) is 6.52. The summed E-state index contributed by atoms with van der Waals surface area (Å²) in [5.74, 6) is 1.03. The molecule has 2 N–H and O–H groups in total. The predicted molar refractivity (Wildman–Crippen MR) is 107 cm³/mol. The van der Waals surface area contributed by atoms with Crippen LogP contribution in [0.1, 0.15) is 44.1 Å². The molecule has 4 heterocycles. The summed E-state index contributed by atoms with van der Waals surface area (Å²) in [6.07, 6.45) is 6.97. The SMILES string of the molecule is O=C(Cc1ccc(OCCCC2CCNCC2)cc1F)N1CC2CCC1CN2. The molecule has 28 heavy (non-hydrogen) atoms. The number of carbonyl (C=O) groups is 1. The van der Waals surface area contributed by atoms with Crippen molar-refractivity contribution in [1.82, 2.24) is 15.5 Å². The fourth-order valence-electron chi connectivity index (χ4n) is 4.77. The first kappa shape index (κ1) is 19.6. The summed E-state index contributed by atoms with van der Waals surface area (Å²) < 4.78 is 20.2. The standard InChI is InChI=1S/C22H32FN3O2/c23-21-13-20(28-11-1-2-16-7-9-24-10-8-16)6-3-17(21)12-22(27)26-15-18-4-5-19(26)14-25-18/h3,6,13,16,18-19,24-25H,1-2,4-5,7-12,14-15H2. The van der Waals surface area contributed by atoms with Gasteiger partial charge in [0.25, 0.3) is 0 Å². The molecule has 0 aliphatic carbocycles. The van der Waals surface area contributed by atoms with Gasteiger partial charge in [0, 0.05) is 31.2 Å². The molecule has 2 bridgehead atoms. The lowest BCUT2D eigenvalue weighted by Crippen LogP contribution is -2.62. The molecule has 4 saturated heterocycles. The van der Waals surface area contributed by atoms with E-state index in [2.05, 4.69) is 10.6 Å². The molecule has 1 aromatic carbocycles. The topological polar surface area (TPSA) is 53.6 Å². The highest BCUT2D eigenvalue weighted by Gasteiger charge is 2.36. The molecule has 2 unspecified atom stereocenters. The zero-order valence-electron chi connectivity index (χ0n) is 16.6. The van der Waals surface area contributed by atoms with Gasteiger partial charge in [-0.15, -0.1) is 0 Å². The largest absolute Gasteiger partial charge is 0.493 e. The molecule has 6 heteroatoms. The molecule has 5 rings (SSSR count). The van der Waals surface area contributed by atoms with Crippen LogP contribution in [0.4, 0.5) is 4.39 Å². The van der Waals surface area contributed by atoms with E-state index in [-0.39, 0.29) is 24.2 Å². The van der Waals surface area contributed by atoms with Crippen LogP contribution in [0.3, 0.4) is 0 Å². The van der Waals surface area contributed by atoms with E-state index in [0.29, 0.717) is 24.0 Å². The molecular formula is C22H32FN3O2. The minimum Gasteiger partial charge on any atom is -0.493 e. The van der Waals surface area contributed by atoms with Crippen molar-refractivity contribution in [3.8, 4) is 5.75 Å². The number of piperazine rings is 1. The van der Waals surface area contributed by atoms with E-state index in [9.17, 15) is 9.18 Å². The molecule has 154 valence electrons. The lowest BCUT2D eigenvalue weighted by molar-refractivity contribution is -0.136. The van der Waals surface area contributed by atoms with Crippen LogP contribution < -0.4 is 15.4 Å². The highest BCUT2D eigenvalue weighted by molar-refractivity contribution is 5.79. The number of piperidine rings is 3. The Morgan fingerprint density at radius 1 is 1.21 bits per heavy atom. The summed E-state index contributed by atoms with van der Waals surface area (Å²) in [4.78, 5) is 14.6. The quantitative estimate of drug-likeness (QED) is 0.704. The number of nitrogens with zero attached hydrogens (tertiary/aromatic N) is 1. The molecule has 4 aliphatic heterocycles. The smallest absolute Gasteiger partial charge is 0.227 e. The molecule has 4 aliphatic rings. The molecule has 0 radical (unpaired) electrons. The second-order valence-electron chi connectivity index (χ2n) is 8.50. The molecule has 5 nitrogen and oxygen atoms in total. The number of hydrogen-bond donors (Lipinski definition) is 2. The fourth-order valence-corrected chi connectivity index (χ4v) is 4.77.